The number of allylic oxidation sites excluding steroid dienone is 1. The number of nitrogens with one attached hydrogen (secondary N) is 1. The quantitative estimate of drug-likeness (QED) is 0.453. The number of H-pyrrole nitrogens is 1. The number of nitrogens with zero attached hydrogens (tertiary/aromatic N) is 2. The van der Waals surface area contributed by atoms with Crippen molar-refractivity contribution >= 4 is 45.3 Å². The lowest BCUT2D eigenvalue weighted by Crippen LogP contribution is -1.94. The number of rotatable bonds is 4. The van der Waals surface area contributed by atoms with Crippen LogP contribution in [0.1, 0.15) is 23.9 Å². The summed E-state index contributed by atoms with van der Waals surface area (Å²) in [6.07, 6.45) is 1.73. The first-order valence-corrected chi connectivity index (χ1v) is 8.83. The Morgan fingerprint density at radius 2 is 2.20 bits per heavy atom. The number of fused-ring (bicyclic) bond motifs is 1. The van der Waals surface area contributed by atoms with Gasteiger partial charge in [0.1, 0.15) is 11.9 Å². The lowest BCUT2D eigenvalue weighted by atomic mass is 10.1. The third-order valence-electron chi connectivity index (χ3n) is 3.67. The van der Waals surface area contributed by atoms with Crippen LogP contribution in [0.15, 0.2) is 30.3 Å². The highest BCUT2D eigenvalue weighted by atomic mass is 127. The molecule has 0 fully saturated rings. The SMILES string of the molecule is CCOc1cc(/C=C(\C#N)c2nc3ccc(C)cc3[nH]2)cc(I)c1O. The molecule has 3 rings (SSSR count). The molecular formula is C19H16IN3O2. The maximum Gasteiger partial charge on any atom is 0.171 e. The third kappa shape index (κ3) is 3.61. The summed E-state index contributed by atoms with van der Waals surface area (Å²) in [6, 6.07) is 11.6. The van der Waals surface area contributed by atoms with Crippen LogP contribution in [0.4, 0.5) is 0 Å². The maximum absolute atomic E-state index is 10.0. The first kappa shape index (κ1) is 17.3. The Kier molecular flexibility index (Phi) is 4.95. The number of hydrogen-bond acceptors (Lipinski definition) is 4. The number of aromatic hydroxyl groups is 1. The molecule has 0 aliphatic carbocycles. The molecule has 2 aromatic carbocycles. The van der Waals surface area contributed by atoms with E-state index >= 15 is 0 Å². The summed E-state index contributed by atoms with van der Waals surface area (Å²) in [4.78, 5) is 7.68. The van der Waals surface area contributed by atoms with Crippen molar-refractivity contribution in [3.8, 4) is 17.6 Å². The number of phenols is 1. The van der Waals surface area contributed by atoms with Gasteiger partial charge in [-0.05, 0) is 77.9 Å². The largest absolute Gasteiger partial charge is 0.504 e. The van der Waals surface area contributed by atoms with Crippen molar-refractivity contribution in [2.75, 3.05) is 6.61 Å². The maximum atomic E-state index is 10.0. The second-order valence-electron chi connectivity index (χ2n) is 5.56. The van der Waals surface area contributed by atoms with E-state index in [1.165, 1.54) is 0 Å². The monoisotopic (exact) mass is 445 g/mol. The van der Waals surface area contributed by atoms with Crippen LogP contribution < -0.4 is 4.74 Å². The molecule has 0 aliphatic heterocycles. The van der Waals surface area contributed by atoms with E-state index in [9.17, 15) is 10.4 Å². The van der Waals surface area contributed by atoms with Crippen molar-refractivity contribution in [1.29, 1.82) is 5.26 Å². The fourth-order valence-corrected chi connectivity index (χ4v) is 3.14. The first-order valence-electron chi connectivity index (χ1n) is 7.75. The molecule has 0 atom stereocenters. The van der Waals surface area contributed by atoms with Crippen molar-refractivity contribution in [2.24, 2.45) is 0 Å². The van der Waals surface area contributed by atoms with E-state index in [0.29, 0.717) is 27.3 Å². The molecule has 0 bridgehead atoms. The lowest BCUT2D eigenvalue weighted by molar-refractivity contribution is 0.317. The molecule has 25 heavy (non-hydrogen) atoms. The smallest absolute Gasteiger partial charge is 0.171 e. The van der Waals surface area contributed by atoms with Crippen molar-refractivity contribution in [3.05, 3.63) is 50.9 Å². The molecule has 0 unspecified atom stereocenters. The number of aryl methyl sites for hydroxylation is 1. The fraction of sp³-hybridized carbons (Fsp3) is 0.158. The van der Waals surface area contributed by atoms with Crippen LogP contribution in [0, 0.1) is 21.8 Å². The zero-order chi connectivity index (χ0) is 18.0. The molecule has 0 radical (unpaired) electrons. The number of benzene rings is 2. The van der Waals surface area contributed by atoms with Crippen LogP contribution in [-0.4, -0.2) is 21.7 Å². The molecule has 1 heterocycles. The minimum absolute atomic E-state index is 0.109. The zero-order valence-corrected chi connectivity index (χ0v) is 16.0. The van der Waals surface area contributed by atoms with E-state index in [4.69, 9.17) is 4.74 Å². The Morgan fingerprint density at radius 1 is 1.40 bits per heavy atom. The summed E-state index contributed by atoms with van der Waals surface area (Å²) < 4.78 is 6.11. The average Bonchev–Trinajstić information content (AvgIpc) is 3.00. The molecule has 0 spiro atoms. The zero-order valence-electron chi connectivity index (χ0n) is 13.8. The van der Waals surface area contributed by atoms with Crippen molar-refractivity contribution in [3.63, 3.8) is 0 Å². The van der Waals surface area contributed by atoms with Gasteiger partial charge in [0.25, 0.3) is 0 Å². The number of halogens is 1. The van der Waals surface area contributed by atoms with Gasteiger partial charge in [-0.1, -0.05) is 6.07 Å². The number of phenolic OH excluding ortho intramolecular Hbond substituents is 1. The molecule has 126 valence electrons. The normalized spacial score (nSPS) is 11.5. The number of ether oxygens (including phenoxy) is 1. The molecular weight excluding hydrogens is 429 g/mol. The van der Waals surface area contributed by atoms with Gasteiger partial charge < -0.3 is 14.8 Å². The third-order valence-corrected chi connectivity index (χ3v) is 4.50. The predicted octanol–water partition coefficient (Wildman–Crippen LogP) is 4.64. The molecule has 6 heteroatoms. The molecule has 2 N–H and O–H groups in total. The van der Waals surface area contributed by atoms with E-state index in [2.05, 4.69) is 16.0 Å². The predicted molar refractivity (Wildman–Crippen MR) is 106 cm³/mol. The van der Waals surface area contributed by atoms with E-state index in [1.807, 2.05) is 54.6 Å². The van der Waals surface area contributed by atoms with Gasteiger partial charge in [-0.25, -0.2) is 4.98 Å². The highest BCUT2D eigenvalue weighted by Gasteiger charge is 2.11. The molecule has 0 aliphatic rings. The summed E-state index contributed by atoms with van der Waals surface area (Å²) in [6.45, 7) is 4.31. The van der Waals surface area contributed by atoms with Gasteiger partial charge in [0.05, 0.1) is 26.8 Å². The Hall–Kier alpha value is -2.53. The van der Waals surface area contributed by atoms with E-state index < -0.39 is 0 Å². The second kappa shape index (κ2) is 7.15. The summed E-state index contributed by atoms with van der Waals surface area (Å²) in [5.74, 6) is 1.03. The topological polar surface area (TPSA) is 81.9 Å². The Bertz CT molecular complexity index is 1020. The average molecular weight is 445 g/mol. The minimum Gasteiger partial charge on any atom is -0.504 e. The second-order valence-corrected chi connectivity index (χ2v) is 6.72. The highest BCUT2D eigenvalue weighted by molar-refractivity contribution is 14.1. The van der Waals surface area contributed by atoms with Gasteiger partial charge in [0.2, 0.25) is 0 Å². The lowest BCUT2D eigenvalue weighted by Gasteiger charge is -2.08. The van der Waals surface area contributed by atoms with Crippen molar-refractivity contribution < 1.29 is 9.84 Å². The number of hydrogen-bond donors (Lipinski definition) is 2. The van der Waals surface area contributed by atoms with Gasteiger partial charge >= 0.3 is 0 Å². The summed E-state index contributed by atoms with van der Waals surface area (Å²) >= 11 is 2.04. The molecule has 0 saturated carbocycles. The Morgan fingerprint density at radius 3 is 2.92 bits per heavy atom. The Balaban J connectivity index is 2.06. The van der Waals surface area contributed by atoms with Gasteiger partial charge in [-0.15, -0.1) is 0 Å². The van der Waals surface area contributed by atoms with Crippen LogP contribution in [0.3, 0.4) is 0 Å². The summed E-state index contributed by atoms with van der Waals surface area (Å²) in [7, 11) is 0. The molecule has 3 aromatic rings. The van der Waals surface area contributed by atoms with Gasteiger partial charge in [0.15, 0.2) is 11.5 Å². The number of aromatic nitrogens is 2. The first-order chi connectivity index (χ1) is 12.0. The van der Waals surface area contributed by atoms with Crippen LogP contribution in [-0.2, 0) is 0 Å². The summed E-state index contributed by atoms with van der Waals surface area (Å²) in [5.41, 5.74) is 4.01. The van der Waals surface area contributed by atoms with E-state index in [-0.39, 0.29) is 5.75 Å². The standard InChI is InChI=1S/C19H16IN3O2/c1-3-25-17-9-12(8-14(20)18(17)24)7-13(10-21)19-22-15-5-4-11(2)6-16(15)23-19/h4-9,24H,3H2,1-2H3,(H,22,23)/b13-7+. The Labute approximate surface area is 159 Å². The molecule has 0 amide bonds. The molecule has 5 nitrogen and oxygen atoms in total. The highest BCUT2D eigenvalue weighted by Crippen LogP contribution is 2.34. The van der Waals surface area contributed by atoms with E-state index in [0.717, 1.165) is 22.2 Å². The number of imidazole rings is 1. The number of aromatic amines is 1. The van der Waals surface area contributed by atoms with Crippen LogP contribution in [0.25, 0.3) is 22.7 Å². The van der Waals surface area contributed by atoms with Crippen LogP contribution in [0.5, 0.6) is 11.5 Å². The van der Waals surface area contributed by atoms with Crippen LogP contribution in [0.2, 0.25) is 0 Å². The fourth-order valence-electron chi connectivity index (χ4n) is 2.51. The van der Waals surface area contributed by atoms with Crippen molar-refractivity contribution in [1.82, 2.24) is 9.97 Å². The van der Waals surface area contributed by atoms with Crippen molar-refractivity contribution in [2.45, 2.75) is 13.8 Å². The van der Waals surface area contributed by atoms with E-state index in [1.54, 1.807) is 18.2 Å². The van der Waals surface area contributed by atoms with Gasteiger partial charge in [0, 0.05) is 0 Å². The summed E-state index contributed by atoms with van der Waals surface area (Å²) in [5, 5.41) is 19.6. The molecule has 0 saturated heterocycles. The van der Waals surface area contributed by atoms with Gasteiger partial charge in [-0.2, -0.15) is 5.26 Å². The van der Waals surface area contributed by atoms with Gasteiger partial charge in [-0.3, -0.25) is 0 Å². The van der Waals surface area contributed by atoms with Crippen LogP contribution >= 0.6 is 22.6 Å². The number of nitriles is 1. The minimum atomic E-state index is 0.109. The molecule has 1 aromatic heterocycles.